The molecular formula is C20H17ClN2O4. The summed E-state index contributed by atoms with van der Waals surface area (Å²) in [7, 11) is 0. The highest BCUT2D eigenvalue weighted by Gasteiger charge is 2.09. The summed E-state index contributed by atoms with van der Waals surface area (Å²) in [6.07, 6.45) is 0. The van der Waals surface area contributed by atoms with Gasteiger partial charge >= 0.3 is 0 Å². The average molecular weight is 385 g/mol. The van der Waals surface area contributed by atoms with E-state index in [1.165, 1.54) is 0 Å². The van der Waals surface area contributed by atoms with Crippen LogP contribution in [0.25, 0.3) is 10.8 Å². The van der Waals surface area contributed by atoms with Crippen LogP contribution >= 0.6 is 11.6 Å². The largest absolute Gasteiger partial charge is 0.483 e. The summed E-state index contributed by atoms with van der Waals surface area (Å²) < 4.78 is 10.8. The third-order valence-corrected chi connectivity index (χ3v) is 3.96. The third kappa shape index (κ3) is 5.12. The molecule has 0 radical (unpaired) electrons. The molecule has 0 aliphatic carbocycles. The van der Waals surface area contributed by atoms with Crippen molar-refractivity contribution in [1.29, 1.82) is 0 Å². The minimum atomic E-state index is -0.520. The van der Waals surface area contributed by atoms with Crippen LogP contribution in [0.5, 0.6) is 11.5 Å². The number of hydrazine groups is 1. The first-order valence-electron chi connectivity index (χ1n) is 8.19. The molecule has 3 aromatic rings. The van der Waals surface area contributed by atoms with Crippen LogP contribution < -0.4 is 20.3 Å². The van der Waals surface area contributed by atoms with Crippen LogP contribution in [0.3, 0.4) is 0 Å². The molecule has 138 valence electrons. The van der Waals surface area contributed by atoms with Crippen LogP contribution in [-0.4, -0.2) is 25.0 Å². The molecule has 0 aromatic heterocycles. The summed E-state index contributed by atoms with van der Waals surface area (Å²) in [5.74, 6) is -0.0287. The molecule has 2 N–H and O–H groups in total. The van der Waals surface area contributed by atoms with Gasteiger partial charge in [-0.15, -0.1) is 0 Å². The number of rotatable bonds is 6. The first-order chi connectivity index (χ1) is 13.1. The number of carbonyl (C=O) groups is 2. The van der Waals surface area contributed by atoms with Gasteiger partial charge in [-0.25, -0.2) is 0 Å². The summed E-state index contributed by atoms with van der Waals surface area (Å²) >= 11 is 5.93. The molecule has 6 nitrogen and oxygen atoms in total. The topological polar surface area (TPSA) is 76.7 Å². The number of fused-ring (bicyclic) bond motifs is 1. The molecule has 0 saturated carbocycles. The average Bonchev–Trinajstić information content (AvgIpc) is 2.70. The van der Waals surface area contributed by atoms with E-state index in [-0.39, 0.29) is 13.2 Å². The fourth-order valence-corrected chi connectivity index (χ4v) is 2.57. The Morgan fingerprint density at radius 3 is 2.04 bits per heavy atom. The van der Waals surface area contributed by atoms with Gasteiger partial charge in [-0.1, -0.05) is 60.1 Å². The molecule has 2 amide bonds. The third-order valence-electron chi connectivity index (χ3n) is 3.65. The molecule has 7 heteroatoms. The highest BCUT2D eigenvalue weighted by Crippen LogP contribution is 2.25. The molecule has 0 spiro atoms. The zero-order valence-electron chi connectivity index (χ0n) is 14.3. The predicted molar refractivity (Wildman–Crippen MR) is 103 cm³/mol. The van der Waals surface area contributed by atoms with Gasteiger partial charge in [0.25, 0.3) is 11.8 Å². The van der Waals surface area contributed by atoms with Crippen molar-refractivity contribution in [3.05, 3.63) is 71.8 Å². The second kappa shape index (κ2) is 8.91. The number of nitrogens with one attached hydrogen (secondary N) is 2. The first kappa shape index (κ1) is 18.5. The number of para-hydroxylation sites is 1. The predicted octanol–water partition coefficient (Wildman–Crippen LogP) is 3.10. The van der Waals surface area contributed by atoms with E-state index < -0.39 is 11.8 Å². The molecule has 0 atom stereocenters. The lowest BCUT2D eigenvalue weighted by atomic mass is 10.1. The Morgan fingerprint density at radius 2 is 1.30 bits per heavy atom. The van der Waals surface area contributed by atoms with E-state index >= 15 is 0 Å². The minimum Gasteiger partial charge on any atom is -0.483 e. The summed E-state index contributed by atoms with van der Waals surface area (Å²) in [4.78, 5) is 23.6. The van der Waals surface area contributed by atoms with Crippen LogP contribution in [0.4, 0.5) is 0 Å². The Labute approximate surface area is 161 Å². The van der Waals surface area contributed by atoms with Crippen molar-refractivity contribution in [1.82, 2.24) is 10.9 Å². The quantitative estimate of drug-likeness (QED) is 0.640. The van der Waals surface area contributed by atoms with Gasteiger partial charge in [0.05, 0.1) is 5.02 Å². The molecule has 0 heterocycles. The van der Waals surface area contributed by atoms with E-state index in [1.807, 2.05) is 36.4 Å². The summed E-state index contributed by atoms with van der Waals surface area (Å²) in [6, 6.07) is 20.1. The summed E-state index contributed by atoms with van der Waals surface area (Å²) in [6.45, 7) is -0.520. The smallest absolute Gasteiger partial charge is 0.276 e. The monoisotopic (exact) mass is 384 g/mol. The number of amides is 2. The Bertz CT molecular complexity index is 956. The second-order valence-corrected chi connectivity index (χ2v) is 5.99. The van der Waals surface area contributed by atoms with Gasteiger partial charge in [-0.2, -0.15) is 0 Å². The van der Waals surface area contributed by atoms with Crippen molar-refractivity contribution in [3.8, 4) is 11.5 Å². The van der Waals surface area contributed by atoms with Gasteiger partial charge < -0.3 is 9.47 Å². The SMILES string of the molecule is O=C(COc1ccccc1Cl)NNC(=O)COc1cccc2ccccc12. The van der Waals surface area contributed by atoms with Crippen molar-refractivity contribution in [2.24, 2.45) is 0 Å². The maximum absolute atomic E-state index is 11.9. The number of benzene rings is 3. The van der Waals surface area contributed by atoms with Crippen LogP contribution in [0.2, 0.25) is 5.02 Å². The normalized spacial score (nSPS) is 10.3. The van der Waals surface area contributed by atoms with E-state index in [2.05, 4.69) is 10.9 Å². The lowest BCUT2D eigenvalue weighted by Crippen LogP contribution is -2.45. The maximum Gasteiger partial charge on any atom is 0.276 e. The van der Waals surface area contributed by atoms with Crippen LogP contribution in [-0.2, 0) is 9.59 Å². The Kier molecular flexibility index (Phi) is 6.12. The maximum atomic E-state index is 11.9. The number of halogens is 1. The molecule has 3 rings (SSSR count). The van der Waals surface area contributed by atoms with Crippen molar-refractivity contribution in [3.63, 3.8) is 0 Å². The molecule has 0 bridgehead atoms. The number of ether oxygens (including phenoxy) is 2. The number of carbonyl (C=O) groups excluding carboxylic acids is 2. The highest BCUT2D eigenvalue weighted by molar-refractivity contribution is 6.32. The Balaban J connectivity index is 1.44. The van der Waals surface area contributed by atoms with Crippen LogP contribution in [0.15, 0.2) is 66.7 Å². The van der Waals surface area contributed by atoms with Gasteiger partial charge in [0.2, 0.25) is 0 Å². The van der Waals surface area contributed by atoms with E-state index in [1.54, 1.807) is 30.3 Å². The molecule has 0 saturated heterocycles. The Morgan fingerprint density at radius 1 is 0.741 bits per heavy atom. The van der Waals surface area contributed by atoms with Crippen LogP contribution in [0, 0.1) is 0 Å². The first-order valence-corrected chi connectivity index (χ1v) is 8.57. The highest BCUT2D eigenvalue weighted by atomic mass is 35.5. The molecule has 0 unspecified atom stereocenters. The molecular weight excluding hydrogens is 368 g/mol. The lowest BCUT2D eigenvalue weighted by molar-refractivity contribution is -0.130. The van der Waals surface area contributed by atoms with E-state index in [0.29, 0.717) is 16.5 Å². The lowest BCUT2D eigenvalue weighted by Gasteiger charge is -2.11. The zero-order valence-corrected chi connectivity index (χ0v) is 15.0. The van der Waals surface area contributed by atoms with Gasteiger partial charge in [0.15, 0.2) is 13.2 Å². The number of hydrogen-bond donors (Lipinski definition) is 2. The van der Waals surface area contributed by atoms with E-state index in [0.717, 1.165) is 10.8 Å². The molecule has 0 fully saturated rings. The van der Waals surface area contributed by atoms with Crippen LogP contribution in [0.1, 0.15) is 0 Å². The summed E-state index contributed by atoms with van der Waals surface area (Å²) in [5.41, 5.74) is 4.53. The van der Waals surface area contributed by atoms with Crippen molar-refractivity contribution >= 4 is 34.2 Å². The standard InChI is InChI=1S/C20H17ClN2O4/c21-16-9-3-4-10-18(16)27-13-20(25)23-22-19(24)12-26-17-11-5-7-14-6-1-2-8-15(14)17/h1-11H,12-13H2,(H,22,24)(H,23,25). The second-order valence-electron chi connectivity index (χ2n) is 5.58. The zero-order chi connectivity index (χ0) is 19.1. The van der Waals surface area contributed by atoms with Gasteiger partial charge in [-0.3, -0.25) is 20.4 Å². The van der Waals surface area contributed by atoms with E-state index in [9.17, 15) is 9.59 Å². The molecule has 0 aliphatic rings. The van der Waals surface area contributed by atoms with Gasteiger partial charge in [0, 0.05) is 5.39 Å². The van der Waals surface area contributed by atoms with Crippen molar-refractivity contribution in [2.45, 2.75) is 0 Å². The minimum absolute atomic E-state index is 0.236. The fourth-order valence-electron chi connectivity index (χ4n) is 2.38. The molecule has 0 aliphatic heterocycles. The molecule has 27 heavy (non-hydrogen) atoms. The van der Waals surface area contributed by atoms with E-state index in [4.69, 9.17) is 21.1 Å². The number of hydrogen-bond acceptors (Lipinski definition) is 4. The Hall–Kier alpha value is -3.25. The van der Waals surface area contributed by atoms with Gasteiger partial charge in [0.1, 0.15) is 11.5 Å². The van der Waals surface area contributed by atoms with Crippen molar-refractivity contribution < 1.29 is 19.1 Å². The summed E-state index contributed by atoms with van der Waals surface area (Å²) in [5, 5.41) is 2.32. The fraction of sp³-hybridized carbons (Fsp3) is 0.100. The van der Waals surface area contributed by atoms with Gasteiger partial charge in [-0.05, 0) is 23.6 Å². The molecule has 3 aromatic carbocycles. The van der Waals surface area contributed by atoms with Crippen molar-refractivity contribution in [2.75, 3.05) is 13.2 Å².